The predicted octanol–water partition coefficient (Wildman–Crippen LogP) is 2.80. The van der Waals surface area contributed by atoms with Gasteiger partial charge in [0.2, 0.25) is 0 Å². The third-order valence-corrected chi connectivity index (χ3v) is 3.02. The normalized spacial score (nSPS) is 10.1. The Bertz CT molecular complexity index is 404. The lowest BCUT2D eigenvalue weighted by molar-refractivity contribution is 0.0523. The first-order chi connectivity index (χ1) is 6.99. The fraction of sp³-hybridized carbons (Fsp3) is 0.222. The molecule has 15 heavy (non-hydrogen) atoms. The van der Waals surface area contributed by atoms with Crippen LogP contribution in [0.2, 0.25) is 0 Å². The van der Waals surface area contributed by atoms with Crippen LogP contribution in [0.5, 0.6) is 11.5 Å². The SMILES string of the molecule is CCOC(=O)c1cc(Br)c(O)c(Br)c1O. The van der Waals surface area contributed by atoms with Crippen LogP contribution in [-0.2, 0) is 4.74 Å². The average Bonchev–Trinajstić information content (AvgIpc) is 2.20. The van der Waals surface area contributed by atoms with Gasteiger partial charge in [-0.2, -0.15) is 0 Å². The third kappa shape index (κ3) is 2.43. The molecule has 0 radical (unpaired) electrons. The van der Waals surface area contributed by atoms with Crippen LogP contribution in [0.1, 0.15) is 17.3 Å². The van der Waals surface area contributed by atoms with Crippen molar-refractivity contribution in [2.45, 2.75) is 6.92 Å². The molecule has 0 unspecified atom stereocenters. The number of aromatic hydroxyl groups is 2. The third-order valence-electron chi connectivity index (χ3n) is 1.66. The molecule has 0 bridgehead atoms. The van der Waals surface area contributed by atoms with Gasteiger partial charge in [0.25, 0.3) is 0 Å². The number of esters is 1. The van der Waals surface area contributed by atoms with E-state index in [1.165, 1.54) is 6.07 Å². The maximum absolute atomic E-state index is 11.4. The molecule has 0 aliphatic rings. The molecule has 82 valence electrons. The molecule has 2 N–H and O–H groups in total. The number of hydrogen-bond acceptors (Lipinski definition) is 4. The number of hydrogen-bond donors (Lipinski definition) is 2. The summed E-state index contributed by atoms with van der Waals surface area (Å²) in [4.78, 5) is 11.4. The Labute approximate surface area is 103 Å². The molecule has 0 fully saturated rings. The number of carbonyl (C=O) groups excluding carboxylic acids is 1. The molecular weight excluding hydrogens is 332 g/mol. The topological polar surface area (TPSA) is 66.8 Å². The van der Waals surface area contributed by atoms with E-state index in [-0.39, 0.29) is 28.1 Å². The van der Waals surface area contributed by atoms with Crippen molar-refractivity contribution in [1.29, 1.82) is 0 Å². The minimum Gasteiger partial charge on any atom is -0.506 e. The van der Waals surface area contributed by atoms with Crippen molar-refractivity contribution >= 4 is 37.8 Å². The Balaban J connectivity index is 3.26. The number of phenolic OH excluding ortho intramolecular Hbond substituents is 2. The predicted molar refractivity (Wildman–Crippen MR) is 61.1 cm³/mol. The highest BCUT2D eigenvalue weighted by Gasteiger charge is 2.19. The molecule has 0 spiro atoms. The molecule has 0 amide bonds. The van der Waals surface area contributed by atoms with E-state index < -0.39 is 5.97 Å². The number of carbonyl (C=O) groups is 1. The Morgan fingerprint density at radius 3 is 2.53 bits per heavy atom. The highest BCUT2D eigenvalue weighted by Crippen LogP contribution is 2.41. The molecule has 0 aromatic heterocycles. The van der Waals surface area contributed by atoms with Crippen LogP contribution in [0.25, 0.3) is 0 Å². The number of benzene rings is 1. The fourth-order valence-corrected chi connectivity index (χ4v) is 2.08. The van der Waals surface area contributed by atoms with E-state index in [0.29, 0.717) is 4.47 Å². The summed E-state index contributed by atoms with van der Waals surface area (Å²) >= 11 is 6.01. The van der Waals surface area contributed by atoms with Gasteiger partial charge in [0.1, 0.15) is 21.5 Å². The van der Waals surface area contributed by atoms with E-state index in [2.05, 4.69) is 31.9 Å². The van der Waals surface area contributed by atoms with E-state index in [4.69, 9.17) is 4.74 Å². The Kier molecular flexibility index (Phi) is 3.98. The number of rotatable bonds is 2. The molecule has 1 aromatic carbocycles. The second kappa shape index (κ2) is 4.85. The van der Waals surface area contributed by atoms with Crippen LogP contribution in [0.15, 0.2) is 15.0 Å². The molecule has 0 saturated carbocycles. The Hall–Kier alpha value is -0.750. The lowest BCUT2D eigenvalue weighted by Crippen LogP contribution is -2.05. The molecule has 0 saturated heterocycles. The molecule has 1 aromatic rings. The van der Waals surface area contributed by atoms with E-state index in [1.807, 2.05) is 0 Å². The Morgan fingerprint density at radius 1 is 1.40 bits per heavy atom. The molecule has 0 atom stereocenters. The lowest BCUT2D eigenvalue weighted by atomic mass is 10.2. The van der Waals surface area contributed by atoms with Crippen molar-refractivity contribution in [3.05, 3.63) is 20.6 Å². The Morgan fingerprint density at radius 2 is 2.00 bits per heavy atom. The minimum atomic E-state index is -0.642. The van der Waals surface area contributed by atoms with Crippen LogP contribution < -0.4 is 0 Å². The second-order valence-electron chi connectivity index (χ2n) is 2.64. The number of phenols is 2. The molecule has 1 rings (SSSR count). The summed E-state index contributed by atoms with van der Waals surface area (Å²) in [6.07, 6.45) is 0. The summed E-state index contributed by atoms with van der Waals surface area (Å²) in [5.41, 5.74) is -0.00611. The van der Waals surface area contributed by atoms with Crippen LogP contribution >= 0.6 is 31.9 Å². The van der Waals surface area contributed by atoms with Crippen LogP contribution in [0.4, 0.5) is 0 Å². The summed E-state index contributed by atoms with van der Waals surface area (Å²) in [6, 6.07) is 1.30. The summed E-state index contributed by atoms with van der Waals surface area (Å²) < 4.78 is 5.09. The monoisotopic (exact) mass is 338 g/mol. The summed E-state index contributed by atoms with van der Waals surface area (Å²) in [7, 11) is 0. The van der Waals surface area contributed by atoms with Gasteiger partial charge >= 0.3 is 5.97 Å². The van der Waals surface area contributed by atoms with Gasteiger partial charge in [-0.1, -0.05) is 0 Å². The average molecular weight is 340 g/mol. The van der Waals surface area contributed by atoms with Crippen molar-refractivity contribution in [1.82, 2.24) is 0 Å². The first kappa shape index (κ1) is 12.3. The summed E-state index contributed by atoms with van der Waals surface area (Å²) in [5, 5.41) is 19.0. The molecule has 6 heteroatoms. The van der Waals surface area contributed by atoms with Gasteiger partial charge in [0.15, 0.2) is 0 Å². The van der Waals surface area contributed by atoms with Crippen molar-refractivity contribution in [2.75, 3.05) is 6.61 Å². The molecule has 0 aliphatic heterocycles. The molecular formula is C9H8Br2O4. The van der Waals surface area contributed by atoms with Gasteiger partial charge < -0.3 is 14.9 Å². The standard InChI is InChI=1S/C9H8Br2O4/c1-2-15-9(14)4-3-5(10)8(13)6(11)7(4)12/h3,12-13H,2H2,1H3. The first-order valence-corrected chi connectivity index (χ1v) is 5.64. The van der Waals surface area contributed by atoms with Crippen LogP contribution in [-0.4, -0.2) is 22.8 Å². The van der Waals surface area contributed by atoms with E-state index in [1.54, 1.807) is 6.92 Å². The number of halogens is 2. The van der Waals surface area contributed by atoms with Gasteiger partial charge in [0.05, 0.1) is 11.1 Å². The molecule has 0 heterocycles. The van der Waals surface area contributed by atoms with E-state index >= 15 is 0 Å². The first-order valence-electron chi connectivity index (χ1n) is 4.06. The lowest BCUT2D eigenvalue weighted by Gasteiger charge is -2.08. The minimum absolute atomic E-state index is 0.00611. The quantitative estimate of drug-likeness (QED) is 0.813. The van der Waals surface area contributed by atoms with Gasteiger partial charge in [-0.3, -0.25) is 0 Å². The van der Waals surface area contributed by atoms with Crippen LogP contribution in [0, 0.1) is 0 Å². The summed E-state index contributed by atoms with van der Waals surface area (Å²) in [5.74, 6) is -1.15. The summed E-state index contributed by atoms with van der Waals surface area (Å²) in [6.45, 7) is 1.88. The van der Waals surface area contributed by atoms with Gasteiger partial charge in [0, 0.05) is 0 Å². The van der Waals surface area contributed by atoms with Gasteiger partial charge in [-0.15, -0.1) is 0 Å². The van der Waals surface area contributed by atoms with E-state index in [9.17, 15) is 15.0 Å². The van der Waals surface area contributed by atoms with Gasteiger partial charge in [-0.25, -0.2) is 4.79 Å². The van der Waals surface area contributed by atoms with Crippen molar-refractivity contribution in [3.63, 3.8) is 0 Å². The van der Waals surface area contributed by atoms with Crippen LogP contribution in [0.3, 0.4) is 0 Å². The zero-order valence-electron chi connectivity index (χ0n) is 7.75. The largest absolute Gasteiger partial charge is 0.506 e. The fourth-order valence-electron chi connectivity index (χ4n) is 0.963. The zero-order chi connectivity index (χ0) is 11.6. The van der Waals surface area contributed by atoms with Crippen molar-refractivity contribution in [2.24, 2.45) is 0 Å². The maximum Gasteiger partial charge on any atom is 0.341 e. The highest BCUT2D eigenvalue weighted by atomic mass is 79.9. The van der Waals surface area contributed by atoms with Crippen molar-refractivity contribution < 1.29 is 19.7 Å². The molecule has 4 nitrogen and oxygen atoms in total. The van der Waals surface area contributed by atoms with E-state index in [0.717, 1.165) is 0 Å². The van der Waals surface area contributed by atoms with Gasteiger partial charge in [-0.05, 0) is 44.8 Å². The number of ether oxygens (including phenoxy) is 1. The maximum atomic E-state index is 11.4. The molecule has 0 aliphatic carbocycles. The highest BCUT2D eigenvalue weighted by molar-refractivity contribution is 9.11. The zero-order valence-corrected chi connectivity index (χ0v) is 10.9. The second-order valence-corrected chi connectivity index (χ2v) is 4.28. The van der Waals surface area contributed by atoms with Crippen molar-refractivity contribution in [3.8, 4) is 11.5 Å². The smallest absolute Gasteiger partial charge is 0.341 e.